The largest absolute Gasteiger partial charge is 0.490 e. The molecule has 0 unspecified atom stereocenters. The van der Waals surface area contributed by atoms with Gasteiger partial charge in [-0.25, -0.2) is 0 Å². The average Bonchev–Trinajstić information content (AvgIpc) is 2.49. The molecule has 1 atom stereocenters. The second kappa shape index (κ2) is 7.84. The maximum Gasteiger partial charge on any atom is 0.265 e. The highest BCUT2D eigenvalue weighted by atomic mass is 79.9. The van der Waals surface area contributed by atoms with Crippen LogP contribution >= 0.6 is 15.9 Å². The van der Waals surface area contributed by atoms with Gasteiger partial charge in [0.1, 0.15) is 0 Å². The normalized spacial score (nSPS) is 11.6. The van der Waals surface area contributed by atoms with E-state index in [2.05, 4.69) is 21.2 Å². The van der Waals surface area contributed by atoms with Crippen molar-refractivity contribution in [1.29, 1.82) is 0 Å². The average molecular weight is 364 g/mol. The lowest BCUT2D eigenvalue weighted by molar-refractivity contribution is -0.122. The third-order valence-corrected chi connectivity index (χ3v) is 3.41. The van der Waals surface area contributed by atoms with Gasteiger partial charge in [-0.3, -0.25) is 4.79 Å². The summed E-state index contributed by atoms with van der Waals surface area (Å²) >= 11 is 3.37. The predicted molar refractivity (Wildman–Crippen MR) is 90.5 cm³/mol. The van der Waals surface area contributed by atoms with Crippen LogP contribution in [0.5, 0.6) is 11.5 Å². The number of hydrogen-bond acceptors (Lipinski definition) is 3. The number of carbonyl (C=O) groups excluding carboxylic acids is 1. The van der Waals surface area contributed by atoms with E-state index in [0.29, 0.717) is 23.8 Å². The van der Waals surface area contributed by atoms with Crippen molar-refractivity contribution in [3.05, 3.63) is 53.0 Å². The van der Waals surface area contributed by atoms with E-state index in [1.807, 2.05) is 49.4 Å². The van der Waals surface area contributed by atoms with Gasteiger partial charge in [-0.1, -0.05) is 34.1 Å². The molecule has 0 fully saturated rings. The number of benzene rings is 2. The molecule has 116 valence electrons. The Bertz CT molecular complexity index is 645. The van der Waals surface area contributed by atoms with Gasteiger partial charge in [0, 0.05) is 10.2 Å². The summed E-state index contributed by atoms with van der Waals surface area (Å²) in [6.07, 6.45) is -0.638. The predicted octanol–water partition coefficient (Wildman–Crippen LogP) is 4.25. The molecule has 0 aliphatic rings. The molecule has 4 nitrogen and oxygen atoms in total. The Morgan fingerprint density at radius 1 is 1.18 bits per heavy atom. The number of ether oxygens (including phenoxy) is 2. The second-order valence-corrected chi connectivity index (χ2v) is 5.56. The molecule has 0 aliphatic carbocycles. The van der Waals surface area contributed by atoms with Crippen LogP contribution in [-0.2, 0) is 4.79 Å². The third kappa shape index (κ3) is 4.49. The summed E-state index contributed by atoms with van der Waals surface area (Å²) in [5.74, 6) is 0.970. The van der Waals surface area contributed by atoms with Crippen molar-refractivity contribution in [2.24, 2.45) is 0 Å². The highest BCUT2D eigenvalue weighted by Gasteiger charge is 2.17. The van der Waals surface area contributed by atoms with Crippen LogP contribution in [0.2, 0.25) is 0 Å². The Morgan fingerprint density at radius 3 is 2.59 bits per heavy atom. The van der Waals surface area contributed by atoms with Crippen molar-refractivity contribution in [2.75, 3.05) is 11.9 Å². The van der Waals surface area contributed by atoms with E-state index in [-0.39, 0.29) is 5.91 Å². The van der Waals surface area contributed by atoms with Gasteiger partial charge >= 0.3 is 0 Å². The van der Waals surface area contributed by atoms with Crippen LogP contribution in [0.1, 0.15) is 13.8 Å². The monoisotopic (exact) mass is 363 g/mol. The van der Waals surface area contributed by atoms with Crippen LogP contribution in [0.3, 0.4) is 0 Å². The van der Waals surface area contributed by atoms with Crippen LogP contribution < -0.4 is 14.8 Å². The number of amides is 1. The number of halogens is 1. The van der Waals surface area contributed by atoms with Crippen molar-refractivity contribution >= 4 is 27.5 Å². The van der Waals surface area contributed by atoms with Gasteiger partial charge in [0.05, 0.1) is 6.61 Å². The van der Waals surface area contributed by atoms with Gasteiger partial charge in [0.15, 0.2) is 17.6 Å². The van der Waals surface area contributed by atoms with E-state index in [4.69, 9.17) is 9.47 Å². The summed E-state index contributed by atoms with van der Waals surface area (Å²) in [6.45, 7) is 4.15. The van der Waals surface area contributed by atoms with Crippen molar-refractivity contribution in [3.8, 4) is 11.5 Å². The van der Waals surface area contributed by atoms with E-state index >= 15 is 0 Å². The molecule has 0 saturated heterocycles. The van der Waals surface area contributed by atoms with Gasteiger partial charge in [-0.2, -0.15) is 0 Å². The highest BCUT2D eigenvalue weighted by Crippen LogP contribution is 2.27. The lowest BCUT2D eigenvalue weighted by Crippen LogP contribution is -2.30. The SMILES string of the molecule is CCOc1ccccc1O[C@@H](C)C(=O)Nc1cccc(Br)c1. The Labute approximate surface area is 138 Å². The molecule has 0 aliphatic heterocycles. The molecule has 0 radical (unpaired) electrons. The molecule has 2 rings (SSSR count). The Balaban J connectivity index is 2.02. The Kier molecular flexibility index (Phi) is 5.83. The minimum absolute atomic E-state index is 0.218. The summed E-state index contributed by atoms with van der Waals surface area (Å²) in [6, 6.07) is 14.7. The number of hydrogen-bond donors (Lipinski definition) is 1. The molecular weight excluding hydrogens is 346 g/mol. The number of para-hydroxylation sites is 2. The molecule has 2 aromatic rings. The molecule has 0 saturated carbocycles. The molecule has 0 bridgehead atoms. The second-order valence-electron chi connectivity index (χ2n) is 4.64. The molecule has 2 aromatic carbocycles. The number of nitrogens with one attached hydrogen (secondary N) is 1. The Hall–Kier alpha value is -2.01. The van der Waals surface area contributed by atoms with Crippen LogP contribution in [0, 0.1) is 0 Å². The molecule has 22 heavy (non-hydrogen) atoms. The molecule has 0 aromatic heterocycles. The molecule has 5 heteroatoms. The molecule has 0 spiro atoms. The van der Waals surface area contributed by atoms with E-state index in [1.54, 1.807) is 13.0 Å². The first-order chi connectivity index (χ1) is 10.6. The van der Waals surface area contributed by atoms with Crippen LogP contribution in [0.15, 0.2) is 53.0 Å². The fraction of sp³-hybridized carbons (Fsp3) is 0.235. The number of carbonyl (C=O) groups is 1. The summed E-state index contributed by atoms with van der Waals surface area (Å²) < 4.78 is 12.1. The zero-order valence-electron chi connectivity index (χ0n) is 12.5. The first kappa shape index (κ1) is 16.4. The fourth-order valence-corrected chi connectivity index (χ4v) is 2.28. The van der Waals surface area contributed by atoms with E-state index in [9.17, 15) is 4.79 Å². The summed E-state index contributed by atoms with van der Waals surface area (Å²) in [5, 5.41) is 2.82. The zero-order valence-corrected chi connectivity index (χ0v) is 14.1. The van der Waals surface area contributed by atoms with Crippen LogP contribution in [0.25, 0.3) is 0 Å². The maximum atomic E-state index is 12.2. The molecular formula is C17H18BrNO3. The van der Waals surface area contributed by atoms with Gasteiger partial charge in [0.2, 0.25) is 0 Å². The Morgan fingerprint density at radius 2 is 1.91 bits per heavy atom. The van der Waals surface area contributed by atoms with Crippen LogP contribution in [0.4, 0.5) is 5.69 Å². The summed E-state index contributed by atoms with van der Waals surface area (Å²) in [5.41, 5.74) is 0.716. The molecule has 0 heterocycles. The lowest BCUT2D eigenvalue weighted by Gasteiger charge is -2.17. The fourth-order valence-electron chi connectivity index (χ4n) is 1.88. The zero-order chi connectivity index (χ0) is 15.9. The van der Waals surface area contributed by atoms with Crippen molar-refractivity contribution in [2.45, 2.75) is 20.0 Å². The maximum absolute atomic E-state index is 12.2. The first-order valence-electron chi connectivity index (χ1n) is 7.05. The smallest absolute Gasteiger partial charge is 0.265 e. The third-order valence-electron chi connectivity index (χ3n) is 2.91. The van der Waals surface area contributed by atoms with Gasteiger partial charge in [-0.05, 0) is 44.2 Å². The number of rotatable bonds is 6. The van der Waals surface area contributed by atoms with Crippen LogP contribution in [-0.4, -0.2) is 18.6 Å². The first-order valence-corrected chi connectivity index (χ1v) is 7.84. The van der Waals surface area contributed by atoms with Gasteiger partial charge in [-0.15, -0.1) is 0 Å². The number of anilines is 1. The molecule has 1 N–H and O–H groups in total. The summed E-state index contributed by atoms with van der Waals surface area (Å²) in [4.78, 5) is 12.2. The van der Waals surface area contributed by atoms with E-state index < -0.39 is 6.10 Å². The van der Waals surface area contributed by atoms with Gasteiger partial charge in [0.25, 0.3) is 5.91 Å². The van der Waals surface area contributed by atoms with Gasteiger partial charge < -0.3 is 14.8 Å². The molecule has 1 amide bonds. The van der Waals surface area contributed by atoms with E-state index in [1.165, 1.54) is 0 Å². The highest BCUT2D eigenvalue weighted by molar-refractivity contribution is 9.10. The van der Waals surface area contributed by atoms with Crippen molar-refractivity contribution < 1.29 is 14.3 Å². The van der Waals surface area contributed by atoms with Crippen molar-refractivity contribution in [1.82, 2.24) is 0 Å². The van der Waals surface area contributed by atoms with Crippen molar-refractivity contribution in [3.63, 3.8) is 0 Å². The minimum atomic E-state index is -0.638. The topological polar surface area (TPSA) is 47.6 Å². The quantitative estimate of drug-likeness (QED) is 0.834. The minimum Gasteiger partial charge on any atom is -0.490 e. The standard InChI is InChI=1S/C17H18BrNO3/c1-3-21-15-9-4-5-10-16(15)22-12(2)17(20)19-14-8-6-7-13(18)11-14/h4-12H,3H2,1-2H3,(H,19,20)/t12-/m0/s1. The van der Waals surface area contributed by atoms with E-state index in [0.717, 1.165) is 4.47 Å². The summed E-state index contributed by atoms with van der Waals surface area (Å²) in [7, 11) is 0. The lowest BCUT2D eigenvalue weighted by atomic mass is 10.3.